The maximum Gasteiger partial charge on any atom is 0.333 e. The van der Waals surface area contributed by atoms with E-state index in [2.05, 4.69) is 6.58 Å². The van der Waals surface area contributed by atoms with Gasteiger partial charge in [-0.05, 0) is 37.2 Å². The smallest absolute Gasteiger partial charge is 0.333 e. The van der Waals surface area contributed by atoms with Crippen molar-refractivity contribution in [3.63, 3.8) is 0 Å². The standard InChI is InChI=1S/C20H26O5/c1-7-8-13-12(3)16(10-15(13)21)25-19(23)17-14(20(17,4)5)9-11(2)18(22)24-6/h7,9,14,16-17H,1,8,10H2,2-6H3/b11-9+/t14-,16-,17+/m1/s1. The summed E-state index contributed by atoms with van der Waals surface area (Å²) >= 11 is 0. The van der Waals surface area contributed by atoms with E-state index in [1.165, 1.54) is 7.11 Å². The molecule has 0 heterocycles. The van der Waals surface area contributed by atoms with Gasteiger partial charge in [0.15, 0.2) is 5.78 Å². The Hall–Kier alpha value is -2.17. The van der Waals surface area contributed by atoms with Crippen molar-refractivity contribution in [2.45, 2.75) is 46.6 Å². The summed E-state index contributed by atoms with van der Waals surface area (Å²) in [5.41, 5.74) is 1.71. The van der Waals surface area contributed by atoms with Gasteiger partial charge in [-0.25, -0.2) is 4.79 Å². The minimum absolute atomic E-state index is 0.0169. The number of ether oxygens (including phenoxy) is 2. The van der Waals surface area contributed by atoms with Crippen molar-refractivity contribution in [3.8, 4) is 0 Å². The molecule has 2 aliphatic carbocycles. The Morgan fingerprint density at radius 2 is 2.00 bits per heavy atom. The molecule has 0 radical (unpaired) electrons. The SMILES string of the molecule is C=CCC1=C(C)[C@H](OC(=O)[C@@H]2[C@@H](/C=C(\C)C(=O)OC)C2(C)C)CC1=O. The van der Waals surface area contributed by atoms with E-state index in [9.17, 15) is 14.4 Å². The van der Waals surface area contributed by atoms with Crippen LogP contribution in [-0.4, -0.2) is 30.9 Å². The average molecular weight is 346 g/mol. The Labute approximate surface area is 148 Å². The van der Waals surface area contributed by atoms with E-state index in [1.54, 1.807) is 19.1 Å². The van der Waals surface area contributed by atoms with Crippen LogP contribution in [0.2, 0.25) is 0 Å². The van der Waals surface area contributed by atoms with Crippen LogP contribution in [0, 0.1) is 17.3 Å². The van der Waals surface area contributed by atoms with E-state index < -0.39 is 12.1 Å². The quantitative estimate of drug-likeness (QED) is 0.420. The van der Waals surface area contributed by atoms with Crippen LogP contribution in [0.3, 0.4) is 0 Å². The summed E-state index contributed by atoms with van der Waals surface area (Å²) in [6.45, 7) is 11.1. The molecule has 136 valence electrons. The highest BCUT2D eigenvalue weighted by molar-refractivity contribution is 6.00. The van der Waals surface area contributed by atoms with Crippen LogP contribution in [0.4, 0.5) is 0 Å². The Morgan fingerprint density at radius 3 is 2.56 bits per heavy atom. The first kappa shape index (κ1) is 19.2. The second-order valence-electron chi connectivity index (χ2n) is 7.37. The van der Waals surface area contributed by atoms with Crippen molar-refractivity contribution in [1.29, 1.82) is 0 Å². The summed E-state index contributed by atoms with van der Waals surface area (Å²) in [5.74, 6) is -1.10. The maximum atomic E-state index is 12.6. The highest BCUT2D eigenvalue weighted by atomic mass is 16.5. The zero-order chi connectivity index (χ0) is 18.9. The minimum atomic E-state index is -0.488. The lowest BCUT2D eigenvalue weighted by Gasteiger charge is -2.13. The molecule has 2 aliphatic rings. The van der Waals surface area contributed by atoms with E-state index >= 15 is 0 Å². The van der Waals surface area contributed by atoms with Gasteiger partial charge in [0.25, 0.3) is 0 Å². The number of carbonyl (C=O) groups excluding carboxylic acids is 3. The summed E-state index contributed by atoms with van der Waals surface area (Å²) in [5, 5.41) is 0. The second kappa shape index (κ2) is 6.98. The van der Waals surface area contributed by atoms with Gasteiger partial charge in [-0.2, -0.15) is 0 Å². The minimum Gasteiger partial charge on any atom is -0.466 e. The molecule has 0 saturated heterocycles. The van der Waals surface area contributed by atoms with Crippen LogP contribution in [0.1, 0.15) is 40.5 Å². The van der Waals surface area contributed by atoms with Gasteiger partial charge in [0.05, 0.1) is 19.4 Å². The van der Waals surface area contributed by atoms with Gasteiger partial charge < -0.3 is 9.47 Å². The fourth-order valence-electron chi connectivity index (χ4n) is 3.56. The number of allylic oxidation sites excluding steroid dienone is 3. The van der Waals surface area contributed by atoms with Crippen molar-refractivity contribution in [2.75, 3.05) is 7.11 Å². The fourth-order valence-corrected chi connectivity index (χ4v) is 3.56. The first-order valence-corrected chi connectivity index (χ1v) is 8.46. The Morgan fingerprint density at radius 1 is 1.36 bits per heavy atom. The number of methoxy groups -OCH3 is 1. The van der Waals surface area contributed by atoms with E-state index in [1.807, 2.05) is 20.8 Å². The zero-order valence-corrected chi connectivity index (χ0v) is 15.5. The van der Waals surface area contributed by atoms with Crippen LogP contribution in [-0.2, 0) is 23.9 Å². The van der Waals surface area contributed by atoms with Crippen LogP contribution in [0.15, 0.2) is 35.5 Å². The number of Topliss-reactive ketones (excluding diaryl/α,β-unsaturated/α-hetero) is 1. The fraction of sp³-hybridized carbons (Fsp3) is 0.550. The Bertz CT molecular complexity index is 680. The Balaban J connectivity index is 2.08. The molecule has 3 atom stereocenters. The molecule has 5 nitrogen and oxygen atoms in total. The van der Waals surface area contributed by atoms with Gasteiger partial charge in [-0.1, -0.05) is 26.0 Å². The number of hydrogen-bond donors (Lipinski definition) is 0. The lowest BCUT2D eigenvalue weighted by atomic mass is 10.1. The van der Waals surface area contributed by atoms with Gasteiger partial charge >= 0.3 is 11.9 Å². The molecule has 0 bridgehead atoms. The summed E-state index contributed by atoms with van der Waals surface area (Å²) in [6.07, 6.45) is 3.68. The first-order chi connectivity index (χ1) is 11.6. The molecule has 0 aromatic carbocycles. The molecular weight excluding hydrogens is 320 g/mol. The maximum absolute atomic E-state index is 12.6. The molecule has 25 heavy (non-hydrogen) atoms. The monoisotopic (exact) mass is 346 g/mol. The summed E-state index contributed by atoms with van der Waals surface area (Å²) in [6, 6.07) is 0. The zero-order valence-electron chi connectivity index (χ0n) is 15.5. The highest BCUT2D eigenvalue weighted by Crippen LogP contribution is 2.60. The third-order valence-corrected chi connectivity index (χ3v) is 5.37. The molecule has 0 amide bonds. The number of hydrogen-bond acceptors (Lipinski definition) is 5. The number of rotatable bonds is 6. The first-order valence-electron chi connectivity index (χ1n) is 8.46. The predicted molar refractivity (Wildman–Crippen MR) is 93.6 cm³/mol. The van der Waals surface area contributed by atoms with Crippen molar-refractivity contribution < 1.29 is 23.9 Å². The molecule has 0 aromatic heterocycles. The van der Waals surface area contributed by atoms with E-state index in [0.717, 1.165) is 5.57 Å². The molecule has 5 heteroatoms. The summed E-state index contributed by atoms with van der Waals surface area (Å²) in [7, 11) is 1.33. The van der Waals surface area contributed by atoms with E-state index in [4.69, 9.17) is 9.47 Å². The second-order valence-corrected chi connectivity index (χ2v) is 7.37. The number of carbonyl (C=O) groups is 3. The predicted octanol–water partition coefficient (Wildman–Crippen LogP) is 3.16. The van der Waals surface area contributed by atoms with E-state index in [0.29, 0.717) is 17.6 Å². The third kappa shape index (κ3) is 3.60. The summed E-state index contributed by atoms with van der Waals surface area (Å²) in [4.78, 5) is 36.2. The Kier molecular flexibility index (Phi) is 5.35. The third-order valence-electron chi connectivity index (χ3n) is 5.37. The highest BCUT2D eigenvalue weighted by Gasteiger charge is 2.62. The largest absolute Gasteiger partial charge is 0.466 e. The van der Waals surface area contributed by atoms with Crippen LogP contribution >= 0.6 is 0 Å². The normalized spacial score (nSPS) is 28.0. The van der Waals surface area contributed by atoms with Crippen molar-refractivity contribution in [3.05, 3.63) is 35.5 Å². The summed E-state index contributed by atoms with van der Waals surface area (Å²) < 4.78 is 10.3. The van der Waals surface area contributed by atoms with E-state index in [-0.39, 0.29) is 35.4 Å². The number of esters is 2. The van der Waals surface area contributed by atoms with Crippen LogP contribution < -0.4 is 0 Å². The van der Waals surface area contributed by atoms with Crippen molar-refractivity contribution in [2.24, 2.45) is 17.3 Å². The lowest BCUT2D eigenvalue weighted by molar-refractivity contribution is -0.150. The van der Waals surface area contributed by atoms with Crippen molar-refractivity contribution >= 4 is 17.7 Å². The lowest BCUT2D eigenvalue weighted by Crippen LogP contribution is -2.20. The van der Waals surface area contributed by atoms with Gasteiger partial charge in [0.2, 0.25) is 0 Å². The molecule has 0 spiro atoms. The van der Waals surface area contributed by atoms with Gasteiger partial charge in [0.1, 0.15) is 6.10 Å². The van der Waals surface area contributed by atoms with Gasteiger partial charge in [0, 0.05) is 11.1 Å². The van der Waals surface area contributed by atoms with Crippen molar-refractivity contribution in [1.82, 2.24) is 0 Å². The van der Waals surface area contributed by atoms with Gasteiger partial charge in [-0.3, -0.25) is 9.59 Å². The molecule has 0 N–H and O–H groups in total. The molecule has 0 unspecified atom stereocenters. The molecular formula is C20H26O5. The molecule has 0 aromatic rings. The van der Waals surface area contributed by atoms with Crippen LogP contribution in [0.5, 0.6) is 0 Å². The van der Waals surface area contributed by atoms with Crippen LogP contribution in [0.25, 0.3) is 0 Å². The molecule has 1 fully saturated rings. The average Bonchev–Trinajstić information content (AvgIpc) is 2.99. The molecule has 2 rings (SSSR count). The number of ketones is 1. The molecule has 0 aliphatic heterocycles. The molecule has 1 saturated carbocycles. The van der Waals surface area contributed by atoms with Gasteiger partial charge in [-0.15, -0.1) is 6.58 Å². The topological polar surface area (TPSA) is 69.7 Å².